The third-order valence-electron chi connectivity index (χ3n) is 8.08. The minimum absolute atomic E-state index is 0.0524. The normalized spacial score (nSPS) is 22.2. The third kappa shape index (κ3) is 5.12. The summed E-state index contributed by atoms with van der Waals surface area (Å²) in [6, 6.07) is 26.2. The Balaban J connectivity index is 1.33. The van der Waals surface area contributed by atoms with Crippen molar-refractivity contribution in [2.75, 3.05) is 11.4 Å². The number of piperazine rings is 1. The molecule has 3 atom stereocenters. The Morgan fingerprint density at radius 3 is 1.85 bits per heavy atom. The number of hydrogen-bond acceptors (Lipinski definition) is 3. The maximum atomic E-state index is 14.2. The number of fused-ring (bicyclic) bond motifs is 2. The molecular formula is C30H33N4O5P. The Morgan fingerprint density at radius 1 is 0.775 bits per heavy atom. The molecule has 10 heteroatoms. The Kier molecular flexibility index (Phi) is 7.13. The summed E-state index contributed by atoms with van der Waals surface area (Å²) in [4.78, 5) is 55.9. The Morgan fingerprint density at radius 2 is 1.32 bits per heavy atom. The first-order valence-electron chi connectivity index (χ1n) is 13.7. The van der Waals surface area contributed by atoms with Crippen molar-refractivity contribution in [1.82, 2.24) is 14.7 Å². The first-order chi connectivity index (χ1) is 19.3. The smallest absolute Gasteiger partial charge is 0.323 e. The predicted molar refractivity (Wildman–Crippen MR) is 152 cm³/mol. The fraction of sp³-hybridized carbons (Fsp3) is 0.333. The zero-order valence-corrected chi connectivity index (χ0v) is 23.0. The lowest BCUT2D eigenvalue weighted by Crippen LogP contribution is -2.65. The van der Waals surface area contributed by atoms with Crippen LogP contribution in [-0.4, -0.2) is 67.0 Å². The van der Waals surface area contributed by atoms with Gasteiger partial charge in [-0.1, -0.05) is 66.7 Å². The SMILES string of the molecule is O=C(N(c1ccccc1)c1ccccc1)N1C[C@@H]2CC[C@H]([C@H]1P(=O)(O)O)N2C(=O)N(Cc1ccccc1)C1CC1. The Bertz CT molecular complexity index is 1360. The van der Waals surface area contributed by atoms with E-state index in [2.05, 4.69) is 0 Å². The van der Waals surface area contributed by atoms with E-state index in [0.29, 0.717) is 30.8 Å². The van der Waals surface area contributed by atoms with Gasteiger partial charge < -0.3 is 24.5 Å². The number of amides is 4. The maximum Gasteiger partial charge on any atom is 0.350 e. The van der Waals surface area contributed by atoms with Crippen LogP contribution in [0.15, 0.2) is 91.0 Å². The standard InChI is InChI=1S/C30H33N4O5P/c35-29(31(23-16-17-23)20-22-10-4-1-5-11-22)34-26-18-19-27(34)28(40(37,38)39)32(21-26)30(36)33(24-12-6-2-7-13-24)25-14-8-3-9-15-25/h1-15,23,26-28H,16-21H2,(H2,37,38,39)/t26-,27+,28+/m0/s1. The molecule has 208 valence electrons. The van der Waals surface area contributed by atoms with Crippen LogP contribution in [0.3, 0.4) is 0 Å². The van der Waals surface area contributed by atoms with Gasteiger partial charge in [0.05, 0.1) is 23.5 Å². The molecule has 3 aliphatic rings. The molecule has 9 nitrogen and oxygen atoms in total. The molecule has 3 aromatic rings. The summed E-state index contributed by atoms with van der Waals surface area (Å²) in [7, 11) is -4.84. The van der Waals surface area contributed by atoms with Gasteiger partial charge in [-0.3, -0.25) is 9.46 Å². The second-order valence-electron chi connectivity index (χ2n) is 10.8. The molecular weight excluding hydrogens is 527 g/mol. The van der Waals surface area contributed by atoms with Crippen molar-refractivity contribution in [2.24, 2.45) is 0 Å². The predicted octanol–water partition coefficient (Wildman–Crippen LogP) is 5.38. The molecule has 6 rings (SSSR count). The summed E-state index contributed by atoms with van der Waals surface area (Å²) in [6.07, 6.45) is 2.84. The summed E-state index contributed by atoms with van der Waals surface area (Å²) >= 11 is 0. The van der Waals surface area contributed by atoms with Gasteiger partial charge in [0.15, 0.2) is 5.78 Å². The van der Waals surface area contributed by atoms with E-state index in [4.69, 9.17) is 0 Å². The summed E-state index contributed by atoms with van der Waals surface area (Å²) in [5.74, 6) is -1.43. The van der Waals surface area contributed by atoms with Crippen LogP contribution < -0.4 is 4.90 Å². The number of nitrogens with zero attached hydrogens (tertiary/aromatic N) is 4. The van der Waals surface area contributed by atoms with Crippen LogP contribution in [0, 0.1) is 0 Å². The highest BCUT2D eigenvalue weighted by Crippen LogP contribution is 2.53. The zero-order chi connectivity index (χ0) is 27.9. The molecule has 0 spiro atoms. The average molecular weight is 561 g/mol. The molecule has 2 saturated heterocycles. The molecule has 0 unspecified atom stereocenters. The number of likely N-dealkylation sites (tertiary alicyclic amines) is 1. The van der Waals surface area contributed by atoms with Crippen molar-refractivity contribution in [3.8, 4) is 0 Å². The van der Waals surface area contributed by atoms with E-state index in [9.17, 15) is 23.9 Å². The van der Waals surface area contributed by atoms with Gasteiger partial charge in [0.1, 0.15) is 0 Å². The van der Waals surface area contributed by atoms with Crippen LogP contribution in [0.25, 0.3) is 0 Å². The lowest BCUT2D eigenvalue weighted by atomic mass is 10.1. The van der Waals surface area contributed by atoms with Crippen molar-refractivity contribution in [1.29, 1.82) is 0 Å². The number of hydrogen-bond donors (Lipinski definition) is 2. The van der Waals surface area contributed by atoms with E-state index in [1.54, 1.807) is 29.2 Å². The lowest BCUT2D eigenvalue weighted by Gasteiger charge is -2.48. The summed E-state index contributed by atoms with van der Waals surface area (Å²) in [6.45, 7) is 0.496. The highest BCUT2D eigenvalue weighted by molar-refractivity contribution is 7.52. The van der Waals surface area contributed by atoms with Crippen LogP contribution >= 0.6 is 7.60 Å². The average Bonchev–Trinajstić information content (AvgIpc) is 3.76. The van der Waals surface area contributed by atoms with E-state index in [0.717, 1.165) is 18.4 Å². The largest absolute Gasteiger partial charge is 0.350 e. The van der Waals surface area contributed by atoms with Gasteiger partial charge in [-0.25, -0.2) is 9.59 Å². The molecule has 40 heavy (non-hydrogen) atoms. The molecule has 0 radical (unpaired) electrons. The number of rotatable bonds is 6. The van der Waals surface area contributed by atoms with Gasteiger partial charge in [0.2, 0.25) is 0 Å². The van der Waals surface area contributed by atoms with Crippen molar-refractivity contribution in [3.63, 3.8) is 0 Å². The summed E-state index contributed by atoms with van der Waals surface area (Å²) in [5.41, 5.74) is 2.20. The number of carbonyl (C=O) groups excluding carboxylic acids is 2. The molecule has 2 aliphatic heterocycles. The maximum absolute atomic E-state index is 14.2. The van der Waals surface area contributed by atoms with Gasteiger partial charge in [-0.2, -0.15) is 0 Å². The number of urea groups is 2. The Labute approximate surface area is 233 Å². The van der Waals surface area contributed by atoms with E-state index < -0.39 is 25.5 Å². The number of benzene rings is 3. The summed E-state index contributed by atoms with van der Waals surface area (Å²) < 4.78 is 13.1. The third-order valence-corrected chi connectivity index (χ3v) is 9.39. The second kappa shape index (κ2) is 10.7. The quantitative estimate of drug-likeness (QED) is 0.394. The van der Waals surface area contributed by atoms with E-state index in [1.165, 1.54) is 9.80 Å². The molecule has 4 amide bonds. The molecule has 1 aliphatic carbocycles. The minimum Gasteiger partial charge on any atom is -0.323 e. The van der Waals surface area contributed by atoms with Crippen LogP contribution in [-0.2, 0) is 11.1 Å². The molecule has 2 bridgehead atoms. The zero-order valence-electron chi connectivity index (χ0n) is 22.1. The van der Waals surface area contributed by atoms with Crippen LogP contribution in [0.4, 0.5) is 21.0 Å². The van der Waals surface area contributed by atoms with E-state index in [-0.39, 0.29) is 24.7 Å². The first-order valence-corrected chi connectivity index (χ1v) is 15.4. The molecule has 0 aromatic heterocycles. The fourth-order valence-corrected chi connectivity index (χ4v) is 7.44. The number of anilines is 2. The molecule has 1 saturated carbocycles. The fourth-order valence-electron chi connectivity index (χ4n) is 6.14. The molecule has 3 fully saturated rings. The first kappa shape index (κ1) is 26.6. The number of carbonyl (C=O) groups is 2. The lowest BCUT2D eigenvalue weighted by molar-refractivity contribution is 0.0605. The van der Waals surface area contributed by atoms with Crippen molar-refractivity contribution >= 4 is 31.0 Å². The number of para-hydroxylation sites is 2. The van der Waals surface area contributed by atoms with Crippen molar-refractivity contribution in [2.45, 2.75) is 56.1 Å². The molecule has 2 heterocycles. The van der Waals surface area contributed by atoms with E-state index >= 15 is 0 Å². The van der Waals surface area contributed by atoms with Gasteiger partial charge in [-0.05, 0) is 55.5 Å². The molecule has 3 aromatic carbocycles. The van der Waals surface area contributed by atoms with Gasteiger partial charge >= 0.3 is 19.7 Å². The topological polar surface area (TPSA) is 105 Å². The monoisotopic (exact) mass is 560 g/mol. The highest BCUT2D eigenvalue weighted by Gasteiger charge is 2.57. The van der Waals surface area contributed by atoms with Crippen LogP contribution in [0.5, 0.6) is 0 Å². The van der Waals surface area contributed by atoms with Crippen molar-refractivity contribution < 1.29 is 23.9 Å². The second-order valence-corrected chi connectivity index (χ2v) is 12.5. The van der Waals surface area contributed by atoms with Gasteiger partial charge in [0, 0.05) is 19.1 Å². The van der Waals surface area contributed by atoms with Crippen molar-refractivity contribution in [3.05, 3.63) is 96.6 Å². The minimum atomic E-state index is -4.84. The van der Waals surface area contributed by atoms with Gasteiger partial charge in [-0.15, -0.1) is 0 Å². The Hall–Kier alpha value is -3.65. The molecule has 2 N–H and O–H groups in total. The van der Waals surface area contributed by atoms with Gasteiger partial charge in [0.25, 0.3) is 0 Å². The summed E-state index contributed by atoms with van der Waals surface area (Å²) in [5, 5.41) is 0. The van der Waals surface area contributed by atoms with E-state index in [1.807, 2.05) is 71.6 Å². The highest BCUT2D eigenvalue weighted by atomic mass is 31.2. The van der Waals surface area contributed by atoms with Crippen LogP contribution in [0.2, 0.25) is 0 Å². The van der Waals surface area contributed by atoms with Crippen LogP contribution in [0.1, 0.15) is 31.2 Å².